The van der Waals surface area contributed by atoms with E-state index in [1.807, 2.05) is 30.2 Å². The Hall–Kier alpha value is -0.610. The highest BCUT2D eigenvalue weighted by molar-refractivity contribution is 8.02. The predicted octanol–water partition coefficient (Wildman–Crippen LogP) is 3.52. The van der Waals surface area contributed by atoms with Crippen molar-refractivity contribution in [1.82, 2.24) is 10.3 Å². The molecule has 2 heterocycles. The van der Waals surface area contributed by atoms with Crippen LogP contribution in [0.2, 0.25) is 0 Å². The van der Waals surface area contributed by atoms with Gasteiger partial charge in [0.1, 0.15) is 0 Å². The van der Waals surface area contributed by atoms with E-state index in [-0.39, 0.29) is 4.75 Å². The molecule has 1 aliphatic rings. The molecule has 1 saturated heterocycles. The van der Waals surface area contributed by atoms with Gasteiger partial charge in [-0.3, -0.25) is 4.98 Å². The number of rotatable bonds is 4. The van der Waals surface area contributed by atoms with Crippen LogP contribution in [0.4, 0.5) is 0 Å². The summed E-state index contributed by atoms with van der Waals surface area (Å²) in [5.74, 6) is 1.18. The summed E-state index contributed by atoms with van der Waals surface area (Å²) in [7, 11) is 0. The van der Waals surface area contributed by atoms with E-state index in [9.17, 15) is 0 Å². The Morgan fingerprint density at radius 3 is 3.06 bits per heavy atom. The topological polar surface area (TPSA) is 24.9 Å². The molecular weight excluding hydrogens is 260 g/mol. The smallest absolute Gasteiger partial charge is 0.0962 e. The van der Waals surface area contributed by atoms with E-state index < -0.39 is 0 Å². The Morgan fingerprint density at radius 2 is 2.44 bits per heavy atom. The van der Waals surface area contributed by atoms with Gasteiger partial charge in [0.15, 0.2) is 0 Å². The molecule has 0 spiro atoms. The molecule has 1 aliphatic heterocycles. The van der Waals surface area contributed by atoms with Gasteiger partial charge in [0.25, 0.3) is 0 Å². The summed E-state index contributed by atoms with van der Waals surface area (Å²) < 4.78 is -0.0446. The zero-order chi connectivity index (χ0) is 12.8. The lowest BCUT2D eigenvalue weighted by Gasteiger charge is -2.37. The summed E-state index contributed by atoms with van der Waals surface area (Å²) in [5, 5.41) is 3.42. The SMILES string of the molecule is CCCNC(=S)C1(c2cccnc2)CCCCS1. The highest BCUT2D eigenvalue weighted by Gasteiger charge is 2.39. The molecule has 1 N–H and O–H groups in total. The third kappa shape index (κ3) is 2.86. The molecule has 4 heteroatoms. The van der Waals surface area contributed by atoms with Crippen LogP contribution in [0.3, 0.4) is 0 Å². The lowest BCUT2D eigenvalue weighted by Crippen LogP contribution is -2.42. The first-order chi connectivity index (χ1) is 8.79. The van der Waals surface area contributed by atoms with Crippen LogP contribution >= 0.6 is 24.0 Å². The number of aromatic nitrogens is 1. The van der Waals surface area contributed by atoms with Crippen LogP contribution in [0.15, 0.2) is 24.5 Å². The number of nitrogens with one attached hydrogen (secondary N) is 1. The van der Waals surface area contributed by atoms with E-state index in [0.29, 0.717) is 0 Å². The summed E-state index contributed by atoms with van der Waals surface area (Å²) in [4.78, 5) is 5.25. The molecule has 18 heavy (non-hydrogen) atoms. The van der Waals surface area contributed by atoms with E-state index >= 15 is 0 Å². The molecule has 0 radical (unpaired) electrons. The van der Waals surface area contributed by atoms with Crippen molar-refractivity contribution in [2.45, 2.75) is 37.4 Å². The third-order valence-corrected chi connectivity index (χ3v) is 5.55. The first-order valence-corrected chi connectivity index (χ1v) is 8.02. The molecule has 0 aliphatic carbocycles. The quantitative estimate of drug-likeness (QED) is 0.853. The van der Waals surface area contributed by atoms with Gasteiger partial charge in [-0.2, -0.15) is 0 Å². The van der Waals surface area contributed by atoms with E-state index in [1.165, 1.54) is 24.2 Å². The highest BCUT2D eigenvalue weighted by Crippen LogP contribution is 2.45. The van der Waals surface area contributed by atoms with Gasteiger partial charge < -0.3 is 5.32 Å². The molecule has 2 nitrogen and oxygen atoms in total. The Morgan fingerprint density at radius 1 is 1.56 bits per heavy atom. The first-order valence-electron chi connectivity index (χ1n) is 6.62. The van der Waals surface area contributed by atoms with Crippen LogP contribution in [-0.2, 0) is 4.75 Å². The van der Waals surface area contributed by atoms with Crippen molar-refractivity contribution in [3.05, 3.63) is 30.1 Å². The number of pyridine rings is 1. The van der Waals surface area contributed by atoms with Crippen LogP contribution < -0.4 is 5.32 Å². The molecule has 0 saturated carbocycles. The van der Waals surface area contributed by atoms with Crippen LogP contribution in [0.25, 0.3) is 0 Å². The molecule has 1 aromatic rings. The minimum Gasteiger partial charge on any atom is -0.378 e. The normalized spacial score (nSPS) is 23.6. The lowest BCUT2D eigenvalue weighted by molar-refractivity contribution is 0.614. The fourth-order valence-corrected chi connectivity index (χ4v) is 4.29. The van der Waals surface area contributed by atoms with E-state index in [1.54, 1.807) is 0 Å². The fraction of sp³-hybridized carbons (Fsp3) is 0.571. The molecule has 2 rings (SSSR count). The molecule has 1 fully saturated rings. The summed E-state index contributed by atoms with van der Waals surface area (Å²) in [5.41, 5.74) is 1.25. The molecule has 0 bridgehead atoms. The fourth-order valence-electron chi connectivity index (χ4n) is 2.32. The Balaban J connectivity index is 2.25. The summed E-state index contributed by atoms with van der Waals surface area (Å²) in [6, 6.07) is 4.17. The van der Waals surface area contributed by atoms with Crippen LogP contribution in [-0.4, -0.2) is 22.3 Å². The van der Waals surface area contributed by atoms with Crippen LogP contribution in [0.1, 0.15) is 38.2 Å². The lowest BCUT2D eigenvalue weighted by atomic mass is 9.92. The Labute approximate surface area is 119 Å². The average molecular weight is 280 g/mol. The maximum absolute atomic E-state index is 5.67. The molecule has 1 aromatic heterocycles. The van der Waals surface area contributed by atoms with Crippen LogP contribution in [0.5, 0.6) is 0 Å². The highest BCUT2D eigenvalue weighted by atomic mass is 32.2. The van der Waals surface area contributed by atoms with Gasteiger partial charge in [-0.05, 0) is 36.6 Å². The number of thioether (sulfide) groups is 1. The van der Waals surface area contributed by atoms with Gasteiger partial charge in [0, 0.05) is 18.9 Å². The maximum atomic E-state index is 5.67. The summed E-state index contributed by atoms with van der Waals surface area (Å²) >= 11 is 7.65. The molecule has 98 valence electrons. The van der Waals surface area contributed by atoms with Gasteiger partial charge in [0.2, 0.25) is 0 Å². The summed E-state index contributed by atoms with van der Waals surface area (Å²) in [6.07, 6.45) is 8.57. The average Bonchev–Trinajstić information content (AvgIpc) is 2.46. The molecule has 1 unspecified atom stereocenters. The second-order valence-corrected chi connectivity index (χ2v) is 6.43. The van der Waals surface area contributed by atoms with Crippen molar-refractivity contribution in [2.75, 3.05) is 12.3 Å². The predicted molar refractivity (Wildman–Crippen MR) is 83.1 cm³/mol. The van der Waals surface area contributed by atoms with Crippen molar-refractivity contribution in [2.24, 2.45) is 0 Å². The van der Waals surface area contributed by atoms with Gasteiger partial charge in [-0.1, -0.05) is 31.6 Å². The zero-order valence-electron chi connectivity index (χ0n) is 10.8. The second-order valence-electron chi connectivity index (χ2n) is 4.63. The number of hydrogen-bond donors (Lipinski definition) is 1. The van der Waals surface area contributed by atoms with Crippen molar-refractivity contribution in [3.8, 4) is 0 Å². The van der Waals surface area contributed by atoms with E-state index in [2.05, 4.69) is 23.3 Å². The largest absolute Gasteiger partial charge is 0.378 e. The molecule has 0 amide bonds. The van der Waals surface area contributed by atoms with Gasteiger partial charge in [-0.15, -0.1) is 11.8 Å². The molecule has 1 atom stereocenters. The van der Waals surface area contributed by atoms with E-state index in [4.69, 9.17) is 12.2 Å². The molecule has 0 aromatic carbocycles. The molecular formula is C14H20N2S2. The third-order valence-electron chi connectivity index (χ3n) is 3.30. The van der Waals surface area contributed by atoms with Gasteiger partial charge in [0.05, 0.1) is 9.74 Å². The zero-order valence-corrected chi connectivity index (χ0v) is 12.4. The van der Waals surface area contributed by atoms with Crippen molar-refractivity contribution < 1.29 is 0 Å². The monoisotopic (exact) mass is 280 g/mol. The van der Waals surface area contributed by atoms with Gasteiger partial charge >= 0.3 is 0 Å². The first kappa shape index (κ1) is 13.8. The standard InChI is InChI=1S/C14H20N2S2/c1-2-8-16-13(17)14(7-3-4-10-18-14)12-6-5-9-15-11-12/h5-6,9,11H,2-4,7-8,10H2,1H3,(H,16,17). The van der Waals surface area contributed by atoms with Crippen LogP contribution in [0, 0.1) is 0 Å². The minimum absolute atomic E-state index is 0.0446. The number of hydrogen-bond acceptors (Lipinski definition) is 3. The minimum atomic E-state index is -0.0446. The number of nitrogens with zero attached hydrogens (tertiary/aromatic N) is 1. The number of thiocarbonyl (C=S) groups is 1. The Bertz CT molecular complexity index is 386. The van der Waals surface area contributed by atoms with E-state index in [0.717, 1.165) is 24.4 Å². The second kappa shape index (κ2) is 6.53. The van der Waals surface area contributed by atoms with Crippen molar-refractivity contribution in [1.29, 1.82) is 0 Å². The maximum Gasteiger partial charge on any atom is 0.0962 e. The Kier molecular flexibility index (Phi) is 5.01. The van der Waals surface area contributed by atoms with Gasteiger partial charge in [-0.25, -0.2) is 0 Å². The van der Waals surface area contributed by atoms with Crippen molar-refractivity contribution >= 4 is 29.0 Å². The summed E-state index contributed by atoms with van der Waals surface area (Å²) in [6.45, 7) is 3.13. The van der Waals surface area contributed by atoms with Crippen molar-refractivity contribution in [3.63, 3.8) is 0 Å².